The van der Waals surface area contributed by atoms with Crippen molar-refractivity contribution >= 4 is 33.4 Å². The summed E-state index contributed by atoms with van der Waals surface area (Å²) >= 11 is 3.37. The Morgan fingerprint density at radius 2 is 1.81 bits per heavy atom. The highest BCUT2D eigenvalue weighted by atomic mass is 79.9. The molecule has 0 aliphatic rings. The monoisotopic (exact) mass is 354 g/mol. The van der Waals surface area contributed by atoms with Crippen LogP contribution in [-0.4, -0.2) is 18.4 Å². The Balaban J connectivity index is 2.66. The zero-order valence-corrected chi connectivity index (χ0v) is 14.6. The standard InChI is InChI=1S/C16H23BrN2O2/c1-11(2)9-10-18-14(20)16(3,4)15(21)19-13-8-6-5-7-12(13)17/h5-8,11H,9-10H2,1-4H3,(H,18,20)(H,19,21). The summed E-state index contributed by atoms with van der Waals surface area (Å²) < 4.78 is 0.786. The van der Waals surface area contributed by atoms with E-state index in [0.717, 1.165) is 10.9 Å². The minimum Gasteiger partial charge on any atom is -0.355 e. The Labute approximate surface area is 134 Å². The number of para-hydroxylation sites is 1. The number of carbonyl (C=O) groups is 2. The lowest BCUT2D eigenvalue weighted by Gasteiger charge is -2.23. The van der Waals surface area contributed by atoms with Gasteiger partial charge in [0.05, 0.1) is 5.69 Å². The summed E-state index contributed by atoms with van der Waals surface area (Å²) in [6.07, 6.45) is 0.897. The second-order valence-electron chi connectivity index (χ2n) is 6.00. The van der Waals surface area contributed by atoms with Gasteiger partial charge < -0.3 is 10.6 Å². The highest BCUT2D eigenvalue weighted by Crippen LogP contribution is 2.24. The van der Waals surface area contributed by atoms with Gasteiger partial charge in [0, 0.05) is 11.0 Å². The van der Waals surface area contributed by atoms with Crippen LogP contribution in [0.25, 0.3) is 0 Å². The molecule has 0 bridgehead atoms. The number of amides is 2. The van der Waals surface area contributed by atoms with Gasteiger partial charge in [-0.25, -0.2) is 0 Å². The second-order valence-corrected chi connectivity index (χ2v) is 6.85. The first-order valence-electron chi connectivity index (χ1n) is 7.09. The normalized spacial score (nSPS) is 11.3. The van der Waals surface area contributed by atoms with Crippen molar-refractivity contribution in [3.63, 3.8) is 0 Å². The van der Waals surface area contributed by atoms with Crippen LogP contribution in [0.1, 0.15) is 34.1 Å². The fourth-order valence-corrected chi connectivity index (χ4v) is 2.02. The number of anilines is 1. The van der Waals surface area contributed by atoms with E-state index < -0.39 is 5.41 Å². The van der Waals surface area contributed by atoms with Crippen molar-refractivity contribution in [3.8, 4) is 0 Å². The summed E-state index contributed by atoms with van der Waals surface area (Å²) in [5, 5.41) is 5.61. The van der Waals surface area contributed by atoms with Gasteiger partial charge in [0.15, 0.2) is 0 Å². The molecule has 0 spiro atoms. The number of hydrogen-bond acceptors (Lipinski definition) is 2. The summed E-state index contributed by atoms with van der Waals surface area (Å²) in [7, 11) is 0. The van der Waals surface area contributed by atoms with Gasteiger partial charge in [-0.2, -0.15) is 0 Å². The Bertz CT molecular complexity index is 513. The first-order chi connectivity index (χ1) is 9.75. The lowest BCUT2D eigenvalue weighted by Crippen LogP contribution is -2.45. The first-order valence-corrected chi connectivity index (χ1v) is 7.88. The molecule has 1 aromatic rings. The van der Waals surface area contributed by atoms with E-state index in [4.69, 9.17) is 0 Å². The SMILES string of the molecule is CC(C)CCNC(=O)C(C)(C)C(=O)Nc1ccccc1Br. The topological polar surface area (TPSA) is 58.2 Å². The molecule has 21 heavy (non-hydrogen) atoms. The maximum atomic E-state index is 12.3. The summed E-state index contributed by atoms with van der Waals surface area (Å²) in [5.41, 5.74) is -0.461. The van der Waals surface area contributed by atoms with Crippen LogP contribution in [0.4, 0.5) is 5.69 Å². The fraction of sp³-hybridized carbons (Fsp3) is 0.500. The predicted molar refractivity (Wildman–Crippen MR) is 89.0 cm³/mol. The highest BCUT2D eigenvalue weighted by Gasteiger charge is 2.36. The average molecular weight is 355 g/mol. The van der Waals surface area contributed by atoms with Crippen molar-refractivity contribution in [2.75, 3.05) is 11.9 Å². The van der Waals surface area contributed by atoms with Crippen LogP contribution in [0.2, 0.25) is 0 Å². The fourth-order valence-electron chi connectivity index (χ4n) is 1.64. The molecule has 2 amide bonds. The molecule has 0 radical (unpaired) electrons. The minimum atomic E-state index is -1.12. The van der Waals surface area contributed by atoms with Crippen LogP contribution >= 0.6 is 15.9 Å². The predicted octanol–water partition coefficient (Wildman–Crippen LogP) is 3.58. The molecular weight excluding hydrogens is 332 g/mol. The molecule has 0 saturated heterocycles. The Morgan fingerprint density at radius 3 is 2.38 bits per heavy atom. The molecule has 0 atom stereocenters. The molecule has 2 N–H and O–H groups in total. The van der Waals surface area contributed by atoms with Crippen molar-refractivity contribution in [2.24, 2.45) is 11.3 Å². The van der Waals surface area contributed by atoms with Gasteiger partial charge in [-0.15, -0.1) is 0 Å². The highest BCUT2D eigenvalue weighted by molar-refractivity contribution is 9.10. The number of hydrogen-bond donors (Lipinski definition) is 2. The van der Waals surface area contributed by atoms with Gasteiger partial charge in [0.2, 0.25) is 11.8 Å². The van der Waals surface area contributed by atoms with E-state index in [9.17, 15) is 9.59 Å². The van der Waals surface area contributed by atoms with Crippen LogP contribution < -0.4 is 10.6 Å². The lowest BCUT2D eigenvalue weighted by atomic mass is 9.90. The van der Waals surface area contributed by atoms with Crippen LogP contribution in [0.3, 0.4) is 0 Å². The van der Waals surface area contributed by atoms with E-state index in [1.54, 1.807) is 19.9 Å². The van der Waals surface area contributed by atoms with E-state index in [1.807, 2.05) is 18.2 Å². The van der Waals surface area contributed by atoms with Crippen molar-refractivity contribution < 1.29 is 9.59 Å². The number of halogens is 1. The zero-order valence-electron chi connectivity index (χ0n) is 13.0. The third-order valence-corrected chi connectivity index (χ3v) is 3.96. The van der Waals surface area contributed by atoms with Crippen molar-refractivity contribution in [1.82, 2.24) is 5.32 Å². The zero-order chi connectivity index (χ0) is 16.0. The Morgan fingerprint density at radius 1 is 1.19 bits per heavy atom. The second kappa shape index (κ2) is 7.59. The lowest BCUT2D eigenvalue weighted by molar-refractivity contribution is -0.138. The number of rotatable bonds is 6. The van der Waals surface area contributed by atoms with Crippen LogP contribution in [-0.2, 0) is 9.59 Å². The molecule has 1 aromatic carbocycles. The molecular formula is C16H23BrN2O2. The van der Waals surface area contributed by atoms with E-state index in [1.165, 1.54) is 0 Å². The summed E-state index contributed by atoms with van der Waals surface area (Å²) in [6.45, 7) is 8.03. The smallest absolute Gasteiger partial charge is 0.239 e. The van der Waals surface area contributed by atoms with E-state index in [0.29, 0.717) is 18.2 Å². The van der Waals surface area contributed by atoms with Gasteiger partial charge in [0.1, 0.15) is 5.41 Å². The number of carbonyl (C=O) groups excluding carboxylic acids is 2. The van der Waals surface area contributed by atoms with Crippen LogP contribution in [0.5, 0.6) is 0 Å². The average Bonchev–Trinajstić information content (AvgIpc) is 2.40. The third-order valence-electron chi connectivity index (χ3n) is 3.26. The van der Waals surface area contributed by atoms with Gasteiger partial charge in [-0.1, -0.05) is 26.0 Å². The van der Waals surface area contributed by atoms with Crippen molar-refractivity contribution in [2.45, 2.75) is 34.1 Å². The Kier molecular flexibility index (Phi) is 6.40. The molecule has 0 unspecified atom stereocenters. The van der Waals surface area contributed by atoms with Crippen LogP contribution in [0, 0.1) is 11.3 Å². The van der Waals surface area contributed by atoms with Crippen molar-refractivity contribution in [1.29, 1.82) is 0 Å². The Hall–Kier alpha value is -1.36. The van der Waals surface area contributed by atoms with E-state index >= 15 is 0 Å². The molecule has 0 heterocycles. The molecule has 5 heteroatoms. The minimum absolute atomic E-state index is 0.257. The summed E-state index contributed by atoms with van der Waals surface area (Å²) in [6, 6.07) is 7.32. The van der Waals surface area contributed by atoms with Gasteiger partial charge >= 0.3 is 0 Å². The molecule has 0 aliphatic carbocycles. The molecule has 0 aliphatic heterocycles. The summed E-state index contributed by atoms with van der Waals surface area (Å²) in [4.78, 5) is 24.5. The van der Waals surface area contributed by atoms with Crippen molar-refractivity contribution in [3.05, 3.63) is 28.7 Å². The van der Waals surface area contributed by atoms with Gasteiger partial charge in [0.25, 0.3) is 0 Å². The maximum absolute atomic E-state index is 12.3. The number of benzene rings is 1. The molecule has 4 nitrogen and oxygen atoms in total. The van der Waals surface area contributed by atoms with Gasteiger partial charge in [-0.05, 0) is 54.2 Å². The molecule has 0 fully saturated rings. The van der Waals surface area contributed by atoms with E-state index in [2.05, 4.69) is 40.4 Å². The quantitative estimate of drug-likeness (QED) is 0.767. The summed E-state index contributed by atoms with van der Waals surface area (Å²) in [5.74, 6) is -0.0633. The maximum Gasteiger partial charge on any atom is 0.239 e. The van der Waals surface area contributed by atoms with E-state index in [-0.39, 0.29) is 11.8 Å². The van der Waals surface area contributed by atoms with Gasteiger partial charge in [-0.3, -0.25) is 9.59 Å². The molecule has 116 valence electrons. The molecule has 1 rings (SSSR count). The first kappa shape index (κ1) is 17.7. The van der Waals surface area contributed by atoms with Crippen LogP contribution in [0.15, 0.2) is 28.7 Å². The third kappa shape index (κ3) is 5.16. The molecule has 0 saturated carbocycles. The number of nitrogens with one attached hydrogen (secondary N) is 2. The largest absolute Gasteiger partial charge is 0.355 e. The molecule has 0 aromatic heterocycles.